The summed E-state index contributed by atoms with van der Waals surface area (Å²) in [5.74, 6) is 0.594. The number of piperidine rings is 1. The third kappa shape index (κ3) is 2.45. The zero-order chi connectivity index (χ0) is 15.1. The van der Waals surface area contributed by atoms with Gasteiger partial charge < -0.3 is 5.32 Å². The molecule has 2 fully saturated rings. The Labute approximate surface area is 129 Å². The van der Waals surface area contributed by atoms with Gasteiger partial charge in [-0.1, -0.05) is 0 Å². The van der Waals surface area contributed by atoms with Crippen molar-refractivity contribution in [3.8, 4) is 0 Å². The third-order valence-corrected chi connectivity index (χ3v) is 5.14. The molecular weight excluding hydrogens is 280 g/mol. The number of hydrogen-bond donors (Lipinski definition) is 1. The predicted octanol–water partition coefficient (Wildman–Crippen LogP) is -0.0576. The van der Waals surface area contributed by atoms with Gasteiger partial charge in [0.05, 0.1) is 18.3 Å². The van der Waals surface area contributed by atoms with E-state index in [9.17, 15) is 9.59 Å². The largest absolute Gasteiger partial charge is 0.355 e. The van der Waals surface area contributed by atoms with Crippen LogP contribution in [0.2, 0.25) is 0 Å². The number of carbonyl (C=O) groups excluding carboxylic acids is 1. The van der Waals surface area contributed by atoms with E-state index in [2.05, 4.69) is 15.3 Å². The molecule has 3 heterocycles. The Morgan fingerprint density at radius 2 is 2.09 bits per heavy atom. The summed E-state index contributed by atoms with van der Waals surface area (Å²) < 4.78 is 1.63. The predicted molar refractivity (Wildman–Crippen MR) is 81.6 cm³/mol. The maximum absolute atomic E-state index is 12.1. The summed E-state index contributed by atoms with van der Waals surface area (Å²) in [6, 6.07) is 1.80. The maximum Gasteiger partial charge on any atom is 0.267 e. The van der Waals surface area contributed by atoms with Crippen molar-refractivity contribution in [1.29, 1.82) is 0 Å². The highest BCUT2D eigenvalue weighted by Crippen LogP contribution is 2.24. The first-order chi connectivity index (χ1) is 10.7. The molecule has 3 aliphatic rings. The molecule has 118 valence electrons. The number of nitrogens with one attached hydrogen (secondary N) is 1. The molecule has 1 amide bonds. The van der Waals surface area contributed by atoms with Crippen LogP contribution >= 0.6 is 0 Å². The molecule has 2 aliphatic heterocycles. The minimum absolute atomic E-state index is 0.0227. The topological polar surface area (TPSA) is 67.2 Å². The SMILES string of the molecule is O=C1NCCCC1N1CC(Cn2nc3c(cc2=O)CCC3)C1. The first-order valence-electron chi connectivity index (χ1n) is 8.32. The number of hydrogen-bond acceptors (Lipinski definition) is 4. The fourth-order valence-corrected chi connectivity index (χ4v) is 3.90. The molecule has 1 unspecified atom stereocenters. The van der Waals surface area contributed by atoms with E-state index < -0.39 is 0 Å². The van der Waals surface area contributed by atoms with E-state index in [1.807, 2.05) is 0 Å². The van der Waals surface area contributed by atoms with Crippen molar-refractivity contribution in [3.63, 3.8) is 0 Å². The second-order valence-electron chi connectivity index (χ2n) is 6.76. The lowest BCUT2D eigenvalue weighted by Crippen LogP contribution is -2.60. The lowest BCUT2D eigenvalue weighted by Gasteiger charge is -2.44. The van der Waals surface area contributed by atoms with E-state index in [1.165, 1.54) is 0 Å². The van der Waals surface area contributed by atoms with Crippen LogP contribution in [0.25, 0.3) is 0 Å². The minimum Gasteiger partial charge on any atom is -0.355 e. The fraction of sp³-hybridized carbons (Fsp3) is 0.688. The molecule has 0 radical (unpaired) electrons. The minimum atomic E-state index is 0.0227. The average molecular weight is 302 g/mol. The zero-order valence-electron chi connectivity index (χ0n) is 12.8. The molecule has 2 saturated heterocycles. The quantitative estimate of drug-likeness (QED) is 0.849. The summed E-state index contributed by atoms with van der Waals surface area (Å²) in [4.78, 5) is 26.2. The Balaban J connectivity index is 1.38. The second-order valence-corrected chi connectivity index (χ2v) is 6.76. The summed E-state index contributed by atoms with van der Waals surface area (Å²) in [7, 11) is 0. The second kappa shape index (κ2) is 5.50. The van der Waals surface area contributed by atoms with Crippen LogP contribution in [-0.2, 0) is 24.2 Å². The molecule has 1 aromatic rings. The Morgan fingerprint density at radius 3 is 2.91 bits per heavy atom. The molecule has 1 N–H and O–H groups in total. The van der Waals surface area contributed by atoms with Crippen LogP contribution in [0.3, 0.4) is 0 Å². The summed E-state index contributed by atoms with van der Waals surface area (Å²) in [5, 5.41) is 7.47. The number of amides is 1. The number of likely N-dealkylation sites (tertiary alicyclic amines) is 1. The van der Waals surface area contributed by atoms with Gasteiger partial charge in [0.25, 0.3) is 5.56 Å². The fourth-order valence-electron chi connectivity index (χ4n) is 3.90. The number of aryl methyl sites for hydroxylation is 2. The van der Waals surface area contributed by atoms with Crippen molar-refractivity contribution in [2.24, 2.45) is 5.92 Å². The van der Waals surface area contributed by atoms with Crippen LogP contribution < -0.4 is 10.9 Å². The summed E-state index contributed by atoms with van der Waals surface area (Å²) in [6.07, 6.45) is 5.11. The van der Waals surface area contributed by atoms with Gasteiger partial charge in [-0.05, 0) is 37.7 Å². The van der Waals surface area contributed by atoms with E-state index in [4.69, 9.17) is 0 Å². The molecule has 4 rings (SSSR count). The van der Waals surface area contributed by atoms with Crippen LogP contribution in [0.15, 0.2) is 10.9 Å². The van der Waals surface area contributed by atoms with Gasteiger partial charge in [-0.15, -0.1) is 0 Å². The highest BCUT2D eigenvalue weighted by molar-refractivity contribution is 5.82. The maximum atomic E-state index is 12.1. The number of carbonyl (C=O) groups is 1. The Kier molecular flexibility index (Phi) is 3.48. The number of nitrogens with zero attached hydrogens (tertiary/aromatic N) is 3. The van der Waals surface area contributed by atoms with Gasteiger partial charge in [0, 0.05) is 31.6 Å². The standard InChI is InChI=1S/C16H22N4O2/c21-15-7-12-3-1-4-13(12)18-20(15)10-11-8-19(9-11)14-5-2-6-17-16(14)22/h7,11,14H,1-6,8-10H2,(H,17,22). The first-order valence-corrected chi connectivity index (χ1v) is 8.32. The molecule has 0 spiro atoms. The van der Waals surface area contributed by atoms with Gasteiger partial charge in [-0.3, -0.25) is 14.5 Å². The molecule has 1 aromatic heterocycles. The van der Waals surface area contributed by atoms with Gasteiger partial charge in [-0.25, -0.2) is 4.68 Å². The zero-order valence-corrected chi connectivity index (χ0v) is 12.8. The number of rotatable bonds is 3. The first kappa shape index (κ1) is 13.9. The van der Waals surface area contributed by atoms with E-state index in [1.54, 1.807) is 10.7 Å². The highest BCUT2D eigenvalue weighted by Gasteiger charge is 2.37. The molecule has 0 saturated carbocycles. The lowest BCUT2D eigenvalue weighted by atomic mass is 9.94. The summed E-state index contributed by atoms with van der Waals surface area (Å²) >= 11 is 0. The third-order valence-electron chi connectivity index (χ3n) is 5.14. The van der Waals surface area contributed by atoms with Crippen LogP contribution in [0.5, 0.6) is 0 Å². The average Bonchev–Trinajstić information content (AvgIpc) is 2.90. The normalized spacial score (nSPS) is 25.6. The number of aromatic nitrogens is 2. The van der Waals surface area contributed by atoms with Crippen LogP contribution in [0, 0.1) is 5.92 Å². The van der Waals surface area contributed by atoms with E-state index in [-0.39, 0.29) is 17.5 Å². The van der Waals surface area contributed by atoms with Crippen molar-refractivity contribution in [2.45, 2.75) is 44.7 Å². The smallest absolute Gasteiger partial charge is 0.267 e. The van der Waals surface area contributed by atoms with E-state index in [0.29, 0.717) is 12.5 Å². The van der Waals surface area contributed by atoms with Crippen LogP contribution in [0.1, 0.15) is 30.5 Å². The van der Waals surface area contributed by atoms with Gasteiger partial charge in [0.1, 0.15) is 0 Å². The van der Waals surface area contributed by atoms with E-state index >= 15 is 0 Å². The Hall–Kier alpha value is -1.69. The van der Waals surface area contributed by atoms with Gasteiger partial charge in [0.2, 0.25) is 5.91 Å². The molecular formula is C16H22N4O2. The van der Waals surface area contributed by atoms with Crippen molar-refractivity contribution in [3.05, 3.63) is 27.7 Å². The summed E-state index contributed by atoms with van der Waals surface area (Å²) in [6.45, 7) is 3.27. The molecule has 22 heavy (non-hydrogen) atoms. The van der Waals surface area contributed by atoms with Crippen LogP contribution in [-0.4, -0.2) is 46.3 Å². The highest BCUT2D eigenvalue weighted by atomic mass is 16.2. The van der Waals surface area contributed by atoms with Crippen molar-refractivity contribution < 1.29 is 4.79 Å². The van der Waals surface area contributed by atoms with Crippen LogP contribution in [0.4, 0.5) is 0 Å². The number of fused-ring (bicyclic) bond motifs is 1. The molecule has 6 heteroatoms. The van der Waals surface area contributed by atoms with Crippen molar-refractivity contribution in [2.75, 3.05) is 19.6 Å². The lowest BCUT2D eigenvalue weighted by molar-refractivity contribution is -0.131. The van der Waals surface area contributed by atoms with Gasteiger partial charge in [-0.2, -0.15) is 5.10 Å². The van der Waals surface area contributed by atoms with Gasteiger partial charge >= 0.3 is 0 Å². The summed E-state index contributed by atoms with van der Waals surface area (Å²) in [5.41, 5.74) is 2.26. The molecule has 1 aliphatic carbocycles. The van der Waals surface area contributed by atoms with E-state index in [0.717, 1.165) is 63.0 Å². The van der Waals surface area contributed by atoms with Gasteiger partial charge in [0.15, 0.2) is 0 Å². The van der Waals surface area contributed by atoms with Crippen molar-refractivity contribution >= 4 is 5.91 Å². The molecule has 1 atom stereocenters. The monoisotopic (exact) mass is 302 g/mol. The Morgan fingerprint density at radius 1 is 1.23 bits per heavy atom. The Bertz CT molecular complexity index is 648. The molecule has 0 bridgehead atoms. The van der Waals surface area contributed by atoms with Crippen molar-refractivity contribution in [1.82, 2.24) is 20.0 Å². The molecule has 6 nitrogen and oxygen atoms in total. The molecule has 0 aromatic carbocycles.